The fourth-order valence-corrected chi connectivity index (χ4v) is 21.3. The maximum Gasteiger partial charge on any atom is 0.0159 e. The third-order valence-corrected chi connectivity index (χ3v) is 27.6. The van der Waals surface area contributed by atoms with Crippen molar-refractivity contribution < 1.29 is 0 Å². The second-order valence-electron chi connectivity index (χ2n) is 35.1. The zero-order chi connectivity index (χ0) is 85.6. The standard InChI is InChI=1S/C67H46.C62H40/c1-67(2)63-24-14-13-23-56(63)57-37-35-50(41-64(57)67)61-42-62(54-22-12-10-20-52(54)48-31-27-46(28-32-48)44-17-7-4-8-18-44)60-38-34-49-33-36-55(58-39-40-59(61)66(60)65(49)58)53-21-11-9-19-51(53)47-29-25-45(26-30-47)43-15-5-3-6-16-43;1-3-14-41(15-4-1)43-26-30-46(31-27-43)50-21-9-11-23-52(50)55-36-34-48-35-37-57-59(53-24-12-10-22-51(53)47-32-28-44(29-33-47)42-16-5-2-6-17-42)40-60(58-39-38-56(55)61(48)62(57)58)54-25-13-19-45-18-7-8-20-49(45)54/h3-42H,1-2H3;1-40H. The van der Waals surface area contributed by atoms with Crippen LogP contribution in [0.1, 0.15) is 25.0 Å². The summed E-state index contributed by atoms with van der Waals surface area (Å²) < 4.78 is 0. The van der Waals surface area contributed by atoms with E-state index in [9.17, 15) is 0 Å². The summed E-state index contributed by atoms with van der Waals surface area (Å²) in [5.74, 6) is 0. The molecular formula is C129H86. The first-order valence-corrected chi connectivity index (χ1v) is 45.0. The highest BCUT2D eigenvalue weighted by molar-refractivity contribution is 6.33. The fourth-order valence-electron chi connectivity index (χ4n) is 21.3. The Morgan fingerprint density at radius 2 is 0.364 bits per heavy atom. The van der Waals surface area contributed by atoms with Crippen molar-refractivity contribution in [1.29, 1.82) is 0 Å². The molecule has 602 valence electrons. The van der Waals surface area contributed by atoms with Gasteiger partial charge in [-0.15, -0.1) is 0 Å². The minimum atomic E-state index is -0.114. The van der Waals surface area contributed by atoms with E-state index in [4.69, 9.17) is 0 Å². The van der Waals surface area contributed by atoms with E-state index in [1.54, 1.807) is 0 Å². The van der Waals surface area contributed by atoms with Crippen molar-refractivity contribution in [1.82, 2.24) is 0 Å². The zero-order valence-electron chi connectivity index (χ0n) is 71.7. The van der Waals surface area contributed by atoms with Crippen molar-refractivity contribution in [2.75, 3.05) is 0 Å². The number of rotatable bonds is 14. The number of hydrogen-bond donors (Lipinski definition) is 0. The minimum absolute atomic E-state index is 0.114. The van der Waals surface area contributed by atoms with E-state index >= 15 is 0 Å². The lowest BCUT2D eigenvalue weighted by atomic mass is 9.80. The molecule has 0 heteroatoms. The van der Waals surface area contributed by atoms with Gasteiger partial charge in [-0.05, 0) is 272 Å². The van der Waals surface area contributed by atoms with Crippen molar-refractivity contribution in [3.8, 4) is 167 Å². The predicted molar refractivity (Wildman–Crippen MR) is 551 cm³/mol. The average Bonchev–Trinajstić information content (AvgIpc) is 1.55. The van der Waals surface area contributed by atoms with E-state index in [0.29, 0.717) is 0 Å². The molecule has 0 amide bonds. The third kappa shape index (κ3) is 13.2. The fraction of sp³-hybridized carbons (Fsp3) is 0.0233. The topological polar surface area (TPSA) is 0 Å². The molecule has 0 heterocycles. The lowest BCUT2D eigenvalue weighted by Crippen LogP contribution is -2.14. The van der Waals surface area contributed by atoms with Crippen LogP contribution < -0.4 is 0 Å². The minimum Gasteiger partial charge on any atom is -0.0622 e. The Labute approximate surface area is 752 Å². The van der Waals surface area contributed by atoms with Crippen LogP contribution in [0.2, 0.25) is 0 Å². The Balaban J connectivity index is 0.000000144. The van der Waals surface area contributed by atoms with Crippen molar-refractivity contribution in [3.63, 3.8) is 0 Å². The summed E-state index contributed by atoms with van der Waals surface area (Å²) in [5, 5.41) is 17.8. The molecule has 0 fully saturated rings. The van der Waals surface area contributed by atoms with Gasteiger partial charge in [-0.25, -0.2) is 0 Å². The molecule has 0 aliphatic heterocycles. The van der Waals surface area contributed by atoms with Gasteiger partial charge in [0.15, 0.2) is 0 Å². The van der Waals surface area contributed by atoms with Gasteiger partial charge >= 0.3 is 0 Å². The molecular weight excluding hydrogens is 1550 g/mol. The molecule has 0 radical (unpaired) electrons. The van der Waals surface area contributed by atoms with Gasteiger partial charge in [0.2, 0.25) is 0 Å². The summed E-state index contributed by atoms with van der Waals surface area (Å²) in [6, 6.07) is 180. The summed E-state index contributed by atoms with van der Waals surface area (Å²) in [6.45, 7) is 4.76. The molecule has 0 spiro atoms. The Morgan fingerprint density at radius 1 is 0.116 bits per heavy atom. The normalized spacial score (nSPS) is 12.2. The Bertz CT molecular complexity index is 8410. The monoisotopic (exact) mass is 1630 g/mol. The Kier molecular flexibility index (Phi) is 18.7. The number of hydrogen-bond acceptors (Lipinski definition) is 0. The molecule has 129 heavy (non-hydrogen) atoms. The molecule has 24 aromatic carbocycles. The van der Waals surface area contributed by atoms with Crippen LogP contribution in [0.3, 0.4) is 0 Å². The van der Waals surface area contributed by atoms with Crippen LogP contribution in [-0.4, -0.2) is 0 Å². The van der Waals surface area contributed by atoms with Crippen molar-refractivity contribution in [2.45, 2.75) is 19.3 Å². The molecule has 0 saturated carbocycles. The molecule has 0 bridgehead atoms. The summed E-state index contributed by atoms with van der Waals surface area (Å²) in [5.41, 5.74) is 39.7. The molecule has 0 N–H and O–H groups in total. The van der Waals surface area contributed by atoms with E-state index < -0.39 is 0 Å². The van der Waals surface area contributed by atoms with Gasteiger partial charge < -0.3 is 0 Å². The largest absolute Gasteiger partial charge is 0.0622 e. The highest BCUT2D eigenvalue weighted by Crippen LogP contribution is 2.55. The highest BCUT2D eigenvalue weighted by atomic mass is 14.4. The predicted octanol–water partition coefficient (Wildman–Crippen LogP) is 36.0. The Hall–Kier alpha value is -16.4. The Morgan fingerprint density at radius 3 is 0.775 bits per heavy atom. The maximum atomic E-state index is 2.49. The van der Waals surface area contributed by atoms with Crippen LogP contribution in [0.5, 0.6) is 0 Å². The van der Waals surface area contributed by atoms with Crippen LogP contribution in [0.4, 0.5) is 0 Å². The molecule has 0 nitrogen and oxygen atoms in total. The van der Waals surface area contributed by atoms with Crippen LogP contribution in [0.25, 0.3) is 242 Å². The van der Waals surface area contributed by atoms with Gasteiger partial charge in [-0.2, -0.15) is 0 Å². The average molecular weight is 1640 g/mol. The quantitative estimate of drug-likeness (QED) is 0.0952. The van der Waals surface area contributed by atoms with E-state index in [1.807, 2.05) is 0 Å². The van der Waals surface area contributed by atoms with Crippen molar-refractivity contribution >= 4 is 75.4 Å². The highest BCUT2D eigenvalue weighted by Gasteiger charge is 2.36. The first-order valence-electron chi connectivity index (χ1n) is 45.0. The maximum absolute atomic E-state index is 2.49. The second kappa shape index (κ2) is 31.7. The molecule has 0 atom stereocenters. The van der Waals surface area contributed by atoms with E-state index in [1.165, 1.54) is 253 Å². The van der Waals surface area contributed by atoms with Crippen LogP contribution in [0.15, 0.2) is 485 Å². The van der Waals surface area contributed by atoms with Crippen LogP contribution in [-0.2, 0) is 5.41 Å². The van der Waals surface area contributed by atoms with Crippen LogP contribution in [0, 0.1) is 0 Å². The summed E-state index contributed by atoms with van der Waals surface area (Å²) in [7, 11) is 0. The zero-order valence-corrected chi connectivity index (χ0v) is 71.7. The van der Waals surface area contributed by atoms with Gasteiger partial charge in [-0.1, -0.05) is 481 Å². The number of fused-ring (bicyclic) bond motifs is 4. The summed E-state index contributed by atoms with van der Waals surface area (Å²) in [6.07, 6.45) is 0. The summed E-state index contributed by atoms with van der Waals surface area (Å²) >= 11 is 0. The van der Waals surface area contributed by atoms with Crippen molar-refractivity contribution in [2.24, 2.45) is 0 Å². The van der Waals surface area contributed by atoms with E-state index in [-0.39, 0.29) is 5.41 Å². The lowest BCUT2D eigenvalue weighted by molar-refractivity contribution is 0.660. The SMILES string of the molecule is CC1(C)c2ccccc2-c2ccc(-c3cc(-c4ccccc4-c4ccc(-c5ccccc5)cc4)c4ccc5ccc(-c6ccccc6-c6ccc(-c7ccccc7)cc6)c6ccc3c4c56)cc21.c1ccc(-c2ccc(-c3ccccc3-c3ccc4ccc5c(-c6ccccc6-c6ccc(-c7ccccc7)cc6)cc(-c6cccc7ccccc67)c6ccc3c4c56)cc2)cc1. The second-order valence-corrected chi connectivity index (χ2v) is 35.1. The van der Waals surface area contributed by atoms with Gasteiger partial charge in [-0.3, -0.25) is 0 Å². The van der Waals surface area contributed by atoms with E-state index in [0.717, 1.165) is 0 Å². The molecule has 1 aliphatic carbocycles. The first-order chi connectivity index (χ1) is 63.8. The smallest absolute Gasteiger partial charge is 0.0159 e. The van der Waals surface area contributed by atoms with E-state index in [2.05, 4.69) is 499 Å². The molecule has 0 saturated heterocycles. The van der Waals surface area contributed by atoms with Crippen molar-refractivity contribution in [3.05, 3.63) is 496 Å². The summed E-state index contributed by atoms with van der Waals surface area (Å²) in [4.78, 5) is 0. The first kappa shape index (κ1) is 76.3. The van der Waals surface area contributed by atoms with Gasteiger partial charge in [0, 0.05) is 5.41 Å². The molecule has 24 aromatic rings. The molecule has 0 aromatic heterocycles. The van der Waals surface area contributed by atoms with Gasteiger partial charge in [0.1, 0.15) is 0 Å². The molecule has 0 unspecified atom stereocenters. The van der Waals surface area contributed by atoms with Gasteiger partial charge in [0.05, 0.1) is 0 Å². The molecule has 25 rings (SSSR count). The van der Waals surface area contributed by atoms with Gasteiger partial charge in [0.25, 0.3) is 0 Å². The third-order valence-electron chi connectivity index (χ3n) is 27.6. The lowest BCUT2D eigenvalue weighted by Gasteiger charge is -2.23. The number of benzene rings is 24. The molecule has 1 aliphatic rings. The van der Waals surface area contributed by atoms with Crippen LogP contribution >= 0.6 is 0 Å².